The maximum Gasteiger partial charge on any atom is -0.00134 e. The highest BCUT2D eigenvalue weighted by molar-refractivity contribution is 5.77. The zero-order valence-corrected chi connectivity index (χ0v) is 12.1. The van der Waals surface area contributed by atoms with Crippen molar-refractivity contribution in [2.45, 2.75) is 31.6 Å². The second-order valence-electron chi connectivity index (χ2n) is 6.52. The van der Waals surface area contributed by atoms with Crippen molar-refractivity contribution < 1.29 is 0 Å². The molecule has 0 aromatic heterocycles. The molecule has 1 saturated heterocycles. The van der Waals surface area contributed by atoms with Crippen LogP contribution in [-0.4, -0.2) is 13.1 Å². The Balaban J connectivity index is 1.75. The third-order valence-electron chi connectivity index (χ3n) is 5.20. The molecule has 2 aromatic carbocycles. The van der Waals surface area contributed by atoms with E-state index in [1.807, 2.05) is 0 Å². The lowest BCUT2D eigenvalue weighted by molar-refractivity contribution is 0.335. The molecule has 2 aliphatic rings. The van der Waals surface area contributed by atoms with Gasteiger partial charge in [0.1, 0.15) is 0 Å². The normalized spacial score (nSPS) is 19.4. The minimum Gasteiger partial charge on any atom is -0.317 e. The summed E-state index contributed by atoms with van der Waals surface area (Å²) < 4.78 is 0. The molecule has 102 valence electrons. The molecule has 0 bridgehead atoms. The number of fused-ring (bicyclic) bond motifs is 3. The molecule has 0 unspecified atom stereocenters. The molecule has 1 aliphatic heterocycles. The summed E-state index contributed by atoms with van der Waals surface area (Å²) in [5, 5.41) is 3.48. The number of hydrogen-bond acceptors (Lipinski definition) is 1. The van der Waals surface area contributed by atoms with E-state index in [0.717, 1.165) is 19.5 Å². The van der Waals surface area contributed by atoms with Gasteiger partial charge in [0.2, 0.25) is 0 Å². The summed E-state index contributed by atoms with van der Waals surface area (Å²) >= 11 is 0. The second kappa shape index (κ2) is 4.46. The third-order valence-corrected chi connectivity index (χ3v) is 5.20. The number of rotatable bonds is 1. The molecule has 0 saturated carbocycles. The lowest BCUT2D eigenvalue weighted by Gasteiger charge is -2.35. The fraction of sp³-hybridized carbons (Fsp3) is 0.368. The summed E-state index contributed by atoms with van der Waals surface area (Å²) in [5.41, 5.74) is 7.77. The maximum atomic E-state index is 3.48. The van der Waals surface area contributed by atoms with Gasteiger partial charge in [0, 0.05) is 0 Å². The first-order chi connectivity index (χ1) is 9.76. The molecule has 1 N–H and O–H groups in total. The van der Waals surface area contributed by atoms with E-state index in [9.17, 15) is 0 Å². The molecule has 4 rings (SSSR count). The Morgan fingerprint density at radius 2 is 1.65 bits per heavy atom. The molecule has 0 radical (unpaired) electrons. The van der Waals surface area contributed by atoms with Gasteiger partial charge in [-0.1, -0.05) is 49.4 Å². The van der Waals surface area contributed by atoms with Crippen molar-refractivity contribution >= 4 is 0 Å². The number of nitrogens with one attached hydrogen (secondary N) is 1. The summed E-state index contributed by atoms with van der Waals surface area (Å²) in [7, 11) is 0. The van der Waals surface area contributed by atoms with Crippen LogP contribution in [0, 0.1) is 0 Å². The zero-order chi connectivity index (χ0) is 13.6. The van der Waals surface area contributed by atoms with E-state index in [0.29, 0.717) is 5.41 Å². The smallest absolute Gasteiger partial charge is 0.00134 e. The van der Waals surface area contributed by atoms with Gasteiger partial charge in [0.05, 0.1) is 0 Å². The first-order valence-corrected chi connectivity index (χ1v) is 7.69. The van der Waals surface area contributed by atoms with Gasteiger partial charge in [0.25, 0.3) is 0 Å². The monoisotopic (exact) mass is 263 g/mol. The van der Waals surface area contributed by atoms with Crippen LogP contribution < -0.4 is 5.32 Å². The topological polar surface area (TPSA) is 12.0 Å². The standard InChI is InChI=1S/C19H21N/c1-19(8-10-20-11-9-19)16-6-7-18-15(13-16)12-14-4-2-3-5-17(14)18/h2-7,13,20H,8-12H2,1H3. The van der Waals surface area contributed by atoms with Gasteiger partial charge in [-0.15, -0.1) is 0 Å². The fourth-order valence-electron chi connectivity index (χ4n) is 3.79. The minimum absolute atomic E-state index is 0.356. The van der Waals surface area contributed by atoms with E-state index in [2.05, 4.69) is 54.7 Å². The molecule has 1 heteroatoms. The van der Waals surface area contributed by atoms with Crippen molar-refractivity contribution in [1.82, 2.24) is 5.32 Å². The van der Waals surface area contributed by atoms with Crippen LogP contribution in [-0.2, 0) is 11.8 Å². The molecule has 0 spiro atoms. The van der Waals surface area contributed by atoms with E-state index in [4.69, 9.17) is 0 Å². The summed E-state index contributed by atoms with van der Waals surface area (Å²) in [6.45, 7) is 4.72. The van der Waals surface area contributed by atoms with Crippen LogP contribution in [0.2, 0.25) is 0 Å². The predicted octanol–water partition coefficient (Wildman–Crippen LogP) is 3.90. The van der Waals surface area contributed by atoms with Crippen molar-refractivity contribution in [3.63, 3.8) is 0 Å². The highest BCUT2D eigenvalue weighted by Gasteiger charge is 2.30. The van der Waals surface area contributed by atoms with E-state index >= 15 is 0 Å². The van der Waals surface area contributed by atoms with Gasteiger partial charge in [-0.25, -0.2) is 0 Å². The predicted molar refractivity (Wildman–Crippen MR) is 84.1 cm³/mol. The Hall–Kier alpha value is -1.60. The Kier molecular flexibility index (Phi) is 2.71. The average Bonchev–Trinajstić information content (AvgIpc) is 2.85. The SMILES string of the molecule is CC1(c2ccc3c(c2)Cc2ccccc2-3)CCNCC1. The first-order valence-electron chi connectivity index (χ1n) is 7.69. The average molecular weight is 263 g/mol. The number of benzene rings is 2. The van der Waals surface area contributed by atoms with Gasteiger partial charge in [-0.2, -0.15) is 0 Å². The lowest BCUT2D eigenvalue weighted by Crippen LogP contribution is -2.37. The van der Waals surface area contributed by atoms with Crippen LogP contribution in [0.3, 0.4) is 0 Å². The van der Waals surface area contributed by atoms with Gasteiger partial charge < -0.3 is 5.32 Å². The summed E-state index contributed by atoms with van der Waals surface area (Å²) in [6, 6.07) is 16.0. The molecule has 0 amide bonds. The summed E-state index contributed by atoms with van der Waals surface area (Å²) in [4.78, 5) is 0. The summed E-state index contributed by atoms with van der Waals surface area (Å²) in [5.74, 6) is 0. The molecule has 0 atom stereocenters. The highest BCUT2D eigenvalue weighted by atomic mass is 14.9. The molecule has 1 nitrogen and oxygen atoms in total. The molecule has 1 heterocycles. The maximum absolute atomic E-state index is 3.48. The lowest BCUT2D eigenvalue weighted by atomic mass is 9.74. The second-order valence-corrected chi connectivity index (χ2v) is 6.52. The van der Waals surface area contributed by atoms with Gasteiger partial charge >= 0.3 is 0 Å². The summed E-state index contributed by atoms with van der Waals surface area (Å²) in [6.07, 6.45) is 3.60. The van der Waals surface area contributed by atoms with Crippen molar-refractivity contribution in [2.24, 2.45) is 0 Å². The van der Waals surface area contributed by atoms with Crippen LogP contribution in [0.15, 0.2) is 42.5 Å². The molecule has 1 aliphatic carbocycles. The quantitative estimate of drug-likeness (QED) is 0.702. The van der Waals surface area contributed by atoms with E-state index in [-0.39, 0.29) is 0 Å². The zero-order valence-electron chi connectivity index (χ0n) is 12.1. The van der Waals surface area contributed by atoms with Crippen LogP contribution in [0.1, 0.15) is 36.5 Å². The van der Waals surface area contributed by atoms with Crippen molar-refractivity contribution in [2.75, 3.05) is 13.1 Å². The van der Waals surface area contributed by atoms with Crippen LogP contribution in [0.4, 0.5) is 0 Å². The highest BCUT2D eigenvalue weighted by Crippen LogP contribution is 2.40. The van der Waals surface area contributed by atoms with E-state index in [1.54, 1.807) is 0 Å². The Bertz CT molecular complexity index is 651. The van der Waals surface area contributed by atoms with Gasteiger partial charge in [0.15, 0.2) is 0 Å². The van der Waals surface area contributed by atoms with Crippen molar-refractivity contribution in [3.8, 4) is 11.1 Å². The van der Waals surface area contributed by atoms with Gasteiger partial charge in [-0.3, -0.25) is 0 Å². The third kappa shape index (κ3) is 1.81. The Labute approximate surface area is 121 Å². The van der Waals surface area contributed by atoms with Crippen LogP contribution in [0.5, 0.6) is 0 Å². The minimum atomic E-state index is 0.356. The van der Waals surface area contributed by atoms with Crippen LogP contribution >= 0.6 is 0 Å². The van der Waals surface area contributed by atoms with Gasteiger partial charge in [-0.05, 0) is 65.6 Å². The number of hydrogen-bond donors (Lipinski definition) is 1. The van der Waals surface area contributed by atoms with E-state index < -0.39 is 0 Å². The Morgan fingerprint density at radius 1 is 0.900 bits per heavy atom. The first kappa shape index (κ1) is 12.2. The molecular formula is C19H21N. The Morgan fingerprint density at radius 3 is 2.50 bits per heavy atom. The van der Waals surface area contributed by atoms with Crippen LogP contribution in [0.25, 0.3) is 11.1 Å². The fourth-order valence-corrected chi connectivity index (χ4v) is 3.79. The van der Waals surface area contributed by atoms with Crippen molar-refractivity contribution in [3.05, 3.63) is 59.2 Å². The van der Waals surface area contributed by atoms with Crippen molar-refractivity contribution in [1.29, 1.82) is 0 Å². The molecular weight excluding hydrogens is 242 g/mol. The molecule has 20 heavy (non-hydrogen) atoms. The number of piperidine rings is 1. The van der Waals surface area contributed by atoms with E-state index in [1.165, 1.54) is 40.7 Å². The molecule has 1 fully saturated rings. The molecule has 2 aromatic rings. The largest absolute Gasteiger partial charge is 0.317 e.